The van der Waals surface area contributed by atoms with Crippen LogP contribution in [0.2, 0.25) is 5.02 Å². The van der Waals surface area contributed by atoms with Crippen molar-refractivity contribution in [3.05, 3.63) is 43.5 Å². The zero-order valence-corrected chi connectivity index (χ0v) is 13.0. The Morgan fingerprint density at radius 1 is 1.35 bits per heavy atom. The molecular weight excluding hydrogens is 416 g/mol. The zero-order chi connectivity index (χ0) is 12.4. The Kier molecular flexibility index (Phi) is 4.11. The number of nitrogens with two attached hydrogens (primary N) is 1. The summed E-state index contributed by atoms with van der Waals surface area (Å²) >= 11 is 11.5. The predicted octanol–water partition coefficient (Wildman–Crippen LogP) is 4.43. The van der Waals surface area contributed by atoms with Gasteiger partial charge in [0.2, 0.25) is 0 Å². The first-order valence-electron chi connectivity index (χ1n) is 4.69. The first-order chi connectivity index (χ1) is 8.06. The Hall–Kier alpha value is -0.530. The van der Waals surface area contributed by atoms with Gasteiger partial charge in [-0.2, -0.15) is 0 Å². The highest BCUT2D eigenvalue weighted by Crippen LogP contribution is 2.28. The molecule has 0 amide bonds. The number of benzene rings is 1. The molecule has 2 rings (SSSR count). The topological polar surface area (TPSA) is 50.9 Å². The Balaban J connectivity index is 2.34. The third kappa shape index (κ3) is 3.23. The Morgan fingerprint density at radius 2 is 2.12 bits per heavy atom. The minimum atomic E-state index is 0.522. The lowest BCUT2D eigenvalue weighted by Gasteiger charge is -2.10. The van der Waals surface area contributed by atoms with Crippen LogP contribution in [0.3, 0.4) is 0 Å². The van der Waals surface area contributed by atoms with Crippen LogP contribution in [-0.2, 0) is 0 Å². The van der Waals surface area contributed by atoms with E-state index in [1.807, 2.05) is 18.2 Å². The molecular formula is C11H8BrClIN3. The summed E-state index contributed by atoms with van der Waals surface area (Å²) in [6.45, 7) is 0. The fourth-order valence-corrected chi connectivity index (χ4v) is 2.28. The van der Waals surface area contributed by atoms with Crippen LogP contribution in [0.5, 0.6) is 0 Å². The second-order valence-corrected chi connectivity index (χ2v) is 5.85. The summed E-state index contributed by atoms with van der Waals surface area (Å²) in [6.07, 6.45) is 1.56. The van der Waals surface area contributed by atoms with Gasteiger partial charge in [-0.05, 0) is 46.9 Å². The van der Waals surface area contributed by atoms with Gasteiger partial charge in [0.1, 0.15) is 0 Å². The Labute approximate surface area is 126 Å². The fourth-order valence-electron chi connectivity index (χ4n) is 1.28. The van der Waals surface area contributed by atoms with Gasteiger partial charge in [-0.15, -0.1) is 0 Å². The molecule has 0 bridgehead atoms. The molecule has 0 atom stereocenters. The van der Waals surface area contributed by atoms with Gasteiger partial charge in [-0.3, -0.25) is 0 Å². The number of aromatic nitrogens is 1. The van der Waals surface area contributed by atoms with E-state index in [0.717, 1.165) is 13.7 Å². The number of hydrogen-bond acceptors (Lipinski definition) is 3. The van der Waals surface area contributed by atoms with Gasteiger partial charge in [0, 0.05) is 14.2 Å². The number of hydrogen-bond donors (Lipinski definition) is 2. The predicted molar refractivity (Wildman–Crippen MR) is 83.8 cm³/mol. The highest BCUT2D eigenvalue weighted by Gasteiger charge is 2.05. The second-order valence-electron chi connectivity index (χ2n) is 3.34. The van der Waals surface area contributed by atoms with E-state index in [1.54, 1.807) is 12.3 Å². The highest BCUT2D eigenvalue weighted by molar-refractivity contribution is 14.1. The molecule has 0 fully saturated rings. The van der Waals surface area contributed by atoms with E-state index < -0.39 is 0 Å². The average molecular weight is 424 g/mol. The number of pyridine rings is 1. The molecule has 0 radical (unpaired) electrons. The first kappa shape index (κ1) is 12.9. The van der Waals surface area contributed by atoms with Gasteiger partial charge in [0.05, 0.1) is 16.4 Å². The van der Waals surface area contributed by atoms with Crippen LogP contribution in [-0.4, -0.2) is 4.98 Å². The molecule has 2 aromatic rings. The van der Waals surface area contributed by atoms with E-state index in [4.69, 9.17) is 17.3 Å². The average Bonchev–Trinajstić information content (AvgIpc) is 2.27. The van der Waals surface area contributed by atoms with Gasteiger partial charge in [-0.1, -0.05) is 27.5 Å². The van der Waals surface area contributed by atoms with Crippen molar-refractivity contribution < 1.29 is 0 Å². The SMILES string of the molecule is Nc1cc(Cl)cnc1Nc1cc(Br)ccc1I. The largest absolute Gasteiger partial charge is 0.396 e. The molecule has 0 saturated carbocycles. The molecule has 88 valence electrons. The van der Waals surface area contributed by atoms with Crippen molar-refractivity contribution in [2.45, 2.75) is 0 Å². The molecule has 3 nitrogen and oxygen atoms in total. The van der Waals surface area contributed by atoms with Crippen LogP contribution < -0.4 is 11.1 Å². The summed E-state index contributed by atoms with van der Waals surface area (Å²) in [4.78, 5) is 4.16. The van der Waals surface area contributed by atoms with Gasteiger partial charge in [0.15, 0.2) is 5.82 Å². The first-order valence-corrected chi connectivity index (χ1v) is 6.94. The number of halogens is 3. The number of anilines is 3. The van der Waals surface area contributed by atoms with Crippen LogP contribution in [0.25, 0.3) is 0 Å². The number of nitrogens with one attached hydrogen (secondary N) is 1. The van der Waals surface area contributed by atoms with Gasteiger partial charge < -0.3 is 11.1 Å². The molecule has 0 unspecified atom stereocenters. The molecule has 1 heterocycles. The minimum absolute atomic E-state index is 0.522. The zero-order valence-electron chi connectivity index (χ0n) is 8.55. The Bertz CT molecular complexity index is 562. The lowest BCUT2D eigenvalue weighted by molar-refractivity contribution is 1.31. The van der Waals surface area contributed by atoms with E-state index >= 15 is 0 Å². The molecule has 1 aromatic carbocycles. The van der Waals surface area contributed by atoms with Crippen molar-refractivity contribution in [1.82, 2.24) is 4.98 Å². The summed E-state index contributed by atoms with van der Waals surface area (Å²) in [5, 5.41) is 3.70. The maximum absolute atomic E-state index is 5.83. The molecule has 0 spiro atoms. The van der Waals surface area contributed by atoms with Crippen LogP contribution in [0.15, 0.2) is 34.9 Å². The fraction of sp³-hybridized carbons (Fsp3) is 0. The van der Waals surface area contributed by atoms with Gasteiger partial charge in [-0.25, -0.2) is 4.98 Å². The van der Waals surface area contributed by atoms with Crippen molar-refractivity contribution in [2.24, 2.45) is 0 Å². The van der Waals surface area contributed by atoms with Crippen molar-refractivity contribution in [2.75, 3.05) is 11.1 Å². The normalized spacial score (nSPS) is 10.3. The van der Waals surface area contributed by atoms with E-state index in [2.05, 4.69) is 48.8 Å². The lowest BCUT2D eigenvalue weighted by atomic mass is 10.3. The number of nitrogen functional groups attached to an aromatic ring is 1. The third-order valence-electron chi connectivity index (χ3n) is 2.07. The Morgan fingerprint density at radius 3 is 2.82 bits per heavy atom. The smallest absolute Gasteiger partial charge is 0.153 e. The van der Waals surface area contributed by atoms with Crippen LogP contribution in [0.1, 0.15) is 0 Å². The van der Waals surface area contributed by atoms with Crippen molar-refractivity contribution in [3.8, 4) is 0 Å². The lowest BCUT2D eigenvalue weighted by Crippen LogP contribution is -2.00. The molecule has 0 aliphatic heterocycles. The molecule has 0 aliphatic rings. The number of rotatable bonds is 2. The van der Waals surface area contributed by atoms with Crippen molar-refractivity contribution in [1.29, 1.82) is 0 Å². The standard InChI is InChI=1S/C11H8BrClIN3/c12-6-1-2-8(14)10(3-6)17-11-9(15)4-7(13)5-16-11/h1-5H,15H2,(H,16,17). The monoisotopic (exact) mass is 423 g/mol. The van der Waals surface area contributed by atoms with Crippen molar-refractivity contribution >= 4 is 67.3 Å². The highest BCUT2D eigenvalue weighted by atomic mass is 127. The maximum Gasteiger partial charge on any atom is 0.153 e. The summed E-state index contributed by atoms with van der Waals surface area (Å²) in [7, 11) is 0. The molecule has 0 aliphatic carbocycles. The van der Waals surface area contributed by atoms with Gasteiger partial charge in [0.25, 0.3) is 0 Å². The van der Waals surface area contributed by atoms with Crippen LogP contribution in [0.4, 0.5) is 17.2 Å². The third-order valence-corrected chi connectivity index (χ3v) is 3.71. The molecule has 3 N–H and O–H groups in total. The molecule has 17 heavy (non-hydrogen) atoms. The summed E-state index contributed by atoms with van der Waals surface area (Å²) in [5.41, 5.74) is 7.30. The summed E-state index contributed by atoms with van der Waals surface area (Å²) in [6, 6.07) is 7.62. The van der Waals surface area contributed by atoms with E-state index in [1.165, 1.54) is 0 Å². The maximum atomic E-state index is 5.83. The van der Waals surface area contributed by atoms with Crippen LogP contribution in [0, 0.1) is 3.57 Å². The van der Waals surface area contributed by atoms with Crippen LogP contribution >= 0.6 is 50.1 Å². The quantitative estimate of drug-likeness (QED) is 0.702. The minimum Gasteiger partial charge on any atom is -0.396 e. The summed E-state index contributed by atoms with van der Waals surface area (Å²) < 4.78 is 2.08. The van der Waals surface area contributed by atoms with Gasteiger partial charge >= 0.3 is 0 Å². The number of nitrogens with zero attached hydrogens (tertiary/aromatic N) is 1. The van der Waals surface area contributed by atoms with E-state index in [9.17, 15) is 0 Å². The van der Waals surface area contributed by atoms with Crippen molar-refractivity contribution in [3.63, 3.8) is 0 Å². The van der Waals surface area contributed by atoms with E-state index in [-0.39, 0.29) is 0 Å². The summed E-state index contributed by atoms with van der Waals surface area (Å²) in [5.74, 6) is 0.602. The second kappa shape index (κ2) is 5.41. The molecule has 6 heteroatoms. The molecule has 0 saturated heterocycles. The molecule has 1 aromatic heterocycles. The van der Waals surface area contributed by atoms with E-state index in [0.29, 0.717) is 16.5 Å².